The van der Waals surface area contributed by atoms with E-state index in [-0.39, 0.29) is 5.97 Å². The van der Waals surface area contributed by atoms with E-state index < -0.39 is 0 Å². The van der Waals surface area contributed by atoms with Gasteiger partial charge in [0.15, 0.2) is 0 Å². The Labute approximate surface area is 181 Å². The van der Waals surface area contributed by atoms with E-state index in [1.54, 1.807) is 12.3 Å². The molecule has 1 N–H and O–H groups in total. The second-order valence-corrected chi connectivity index (χ2v) is 7.21. The molecule has 0 saturated heterocycles. The van der Waals surface area contributed by atoms with Gasteiger partial charge in [-0.1, -0.05) is 24.3 Å². The van der Waals surface area contributed by atoms with Crippen LogP contribution in [0, 0.1) is 13.8 Å². The Kier molecular flexibility index (Phi) is 5.58. The minimum atomic E-state index is -0.363. The molecule has 7 heteroatoms. The molecule has 0 aliphatic rings. The van der Waals surface area contributed by atoms with Gasteiger partial charge in [-0.3, -0.25) is 0 Å². The number of esters is 1. The summed E-state index contributed by atoms with van der Waals surface area (Å²) in [5.41, 5.74) is 9.29. The summed E-state index contributed by atoms with van der Waals surface area (Å²) in [4.78, 5) is 16.8. The highest BCUT2D eigenvalue weighted by Gasteiger charge is 2.17. The number of nitrogens with one attached hydrogen (secondary N) is 1. The molecule has 0 aliphatic heterocycles. The van der Waals surface area contributed by atoms with Gasteiger partial charge in [-0.05, 0) is 51.1 Å². The fraction of sp³-hybridized carbons (Fsp3) is 0.208. The van der Waals surface area contributed by atoms with E-state index in [9.17, 15) is 4.79 Å². The number of imidazole rings is 1. The summed E-state index contributed by atoms with van der Waals surface area (Å²) in [5, 5.41) is 4.44. The first-order chi connectivity index (χ1) is 15.0. The van der Waals surface area contributed by atoms with Crippen LogP contribution in [0.15, 0.2) is 59.7 Å². The molecule has 158 valence electrons. The lowest BCUT2D eigenvalue weighted by molar-refractivity contribution is 0.0600. The van der Waals surface area contributed by atoms with Crippen molar-refractivity contribution in [2.75, 3.05) is 12.5 Å². The number of anilines is 1. The molecule has 4 aromatic rings. The third kappa shape index (κ3) is 3.70. The van der Waals surface area contributed by atoms with Gasteiger partial charge in [0.25, 0.3) is 0 Å². The molecular weight excluding hydrogens is 390 g/mol. The second-order valence-electron chi connectivity index (χ2n) is 7.21. The molecule has 0 atom stereocenters. The molecule has 7 nitrogen and oxygen atoms in total. The average Bonchev–Trinajstić information content (AvgIpc) is 3.29. The summed E-state index contributed by atoms with van der Waals surface area (Å²) in [7, 11) is 1.39. The number of hydrogen-bond acceptors (Lipinski definition) is 5. The Morgan fingerprint density at radius 3 is 2.68 bits per heavy atom. The molecule has 2 aromatic heterocycles. The van der Waals surface area contributed by atoms with Gasteiger partial charge < -0.3 is 13.9 Å². The van der Waals surface area contributed by atoms with E-state index >= 15 is 0 Å². The summed E-state index contributed by atoms with van der Waals surface area (Å²) in [6.07, 6.45) is 1.78. The van der Waals surface area contributed by atoms with Crippen LogP contribution < -0.4 is 5.43 Å². The maximum Gasteiger partial charge on any atom is 0.339 e. The Morgan fingerprint density at radius 2 is 1.90 bits per heavy atom. The van der Waals surface area contributed by atoms with Gasteiger partial charge in [-0.2, -0.15) is 5.10 Å². The summed E-state index contributed by atoms with van der Waals surface area (Å²) in [5.74, 6) is 0.336. The quantitative estimate of drug-likeness (QED) is 0.282. The van der Waals surface area contributed by atoms with Crippen LogP contribution in [-0.2, 0) is 11.3 Å². The number of aromatic nitrogens is 3. The van der Waals surface area contributed by atoms with E-state index in [0.29, 0.717) is 11.5 Å². The number of ether oxygens (including phenoxy) is 1. The predicted molar refractivity (Wildman–Crippen MR) is 123 cm³/mol. The van der Waals surface area contributed by atoms with Gasteiger partial charge in [0.05, 0.1) is 35.6 Å². The summed E-state index contributed by atoms with van der Waals surface area (Å²) >= 11 is 0. The second kappa shape index (κ2) is 8.47. The number of carbonyl (C=O) groups excluding carboxylic acids is 1. The fourth-order valence-corrected chi connectivity index (χ4v) is 3.88. The number of hydrogen-bond donors (Lipinski definition) is 1. The zero-order valence-corrected chi connectivity index (χ0v) is 18.1. The Morgan fingerprint density at radius 1 is 1.16 bits per heavy atom. The van der Waals surface area contributed by atoms with Crippen LogP contribution in [0.25, 0.3) is 16.7 Å². The average molecular weight is 415 g/mol. The highest BCUT2D eigenvalue weighted by molar-refractivity contribution is 5.94. The van der Waals surface area contributed by atoms with Gasteiger partial charge in [0.2, 0.25) is 5.95 Å². The number of hydrazone groups is 1. The lowest BCUT2D eigenvalue weighted by Crippen LogP contribution is -2.09. The Balaban J connectivity index is 1.65. The molecule has 31 heavy (non-hydrogen) atoms. The topological polar surface area (TPSA) is 73.4 Å². The Hall–Kier alpha value is -3.87. The van der Waals surface area contributed by atoms with Crippen LogP contribution in [0.2, 0.25) is 0 Å². The summed E-state index contributed by atoms with van der Waals surface area (Å²) < 4.78 is 9.07. The molecule has 2 heterocycles. The standard InChI is InChI=1S/C24H25N5O2/c1-5-28-22-13-9-7-11-20(22)26-24(28)27-25-15-18-14-16(2)29(17(18)3)21-12-8-6-10-19(21)23(30)31-4/h6-15H,5H2,1-4H3,(H,26,27)/b25-15-. The molecule has 0 spiro atoms. The number of nitrogens with zero attached hydrogens (tertiary/aromatic N) is 4. The SMILES string of the molecule is CCn1c(N/N=C\c2cc(C)n(-c3ccccc3C(=O)OC)c2C)nc2ccccc21. The van der Waals surface area contributed by atoms with E-state index in [4.69, 9.17) is 4.74 Å². The van der Waals surface area contributed by atoms with Crippen LogP contribution >= 0.6 is 0 Å². The molecule has 0 amide bonds. The molecule has 0 aliphatic carbocycles. The normalized spacial score (nSPS) is 11.4. The van der Waals surface area contributed by atoms with E-state index in [1.165, 1.54) is 7.11 Å². The van der Waals surface area contributed by atoms with Crippen molar-refractivity contribution in [2.24, 2.45) is 5.10 Å². The molecule has 4 rings (SSSR count). The minimum Gasteiger partial charge on any atom is -0.465 e. The number of benzene rings is 2. The maximum atomic E-state index is 12.2. The fourth-order valence-electron chi connectivity index (χ4n) is 3.88. The molecule has 0 unspecified atom stereocenters. The van der Waals surface area contributed by atoms with Crippen molar-refractivity contribution in [3.05, 3.63) is 77.1 Å². The number of carbonyl (C=O) groups is 1. The largest absolute Gasteiger partial charge is 0.465 e. The van der Waals surface area contributed by atoms with Gasteiger partial charge >= 0.3 is 5.97 Å². The first-order valence-electron chi connectivity index (χ1n) is 10.2. The molecule has 0 radical (unpaired) electrons. The van der Waals surface area contributed by atoms with Gasteiger partial charge in [-0.25, -0.2) is 15.2 Å². The smallest absolute Gasteiger partial charge is 0.339 e. The van der Waals surface area contributed by atoms with Crippen LogP contribution in [0.3, 0.4) is 0 Å². The predicted octanol–water partition coefficient (Wildman–Crippen LogP) is 4.70. The van der Waals surface area contributed by atoms with Gasteiger partial charge in [0, 0.05) is 23.5 Å². The first kappa shape index (κ1) is 20.4. The van der Waals surface area contributed by atoms with Crippen molar-refractivity contribution in [3.63, 3.8) is 0 Å². The van der Waals surface area contributed by atoms with Crippen molar-refractivity contribution in [1.82, 2.24) is 14.1 Å². The maximum absolute atomic E-state index is 12.2. The number of aryl methyl sites for hydroxylation is 2. The third-order valence-electron chi connectivity index (χ3n) is 5.36. The third-order valence-corrected chi connectivity index (χ3v) is 5.36. The zero-order chi connectivity index (χ0) is 22.0. The van der Waals surface area contributed by atoms with Crippen molar-refractivity contribution >= 4 is 29.2 Å². The lowest BCUT2D eigenvalue weighted by Gasteiger charge is -2.13. The highest BCUT2D eigenvalue weighted by Crippen LogP contribution is 2.24. The number of fused-ring (bicyclic) bond motifs is 1. The summed E-state index contributed by atoms with van der Waals surface area (Å²) in [6.45, 7) is 6.87. The number of rotatable bonds is 6. The van der Waals surface area contributed by atoms with Gasteiger partial charge in [-0.15, -0.1) is 0 Å². The molecule has 0 fully saturated rings. The minimum absolute atomic E-state index is 0.363. The van der Waals surface area contributed by atoms with E-state index in [0.717, 1.165) is 40.2 Å². The summed E-state index contributed by atoms with van der Waals surface area (Å²) in [6, 6.07) is 17.5. The van der Waals surface area contributed by atoms with Crippen LogP contribution in [0.1, 0.15) is 34.2 Å². The first-order valence-corrected chi connectivity index (χ1v) is 10.2. The molecular formula is C24H25N5O2. The number of para-hydroxylation sites is 3. The monoisotopic (exact) mass is 415 g/mol. The van der Waals surface area contributed by atoms with Crippen molar-refractivity contribution in [1.29, 1.82) is 0 Å². The van der Waals surface area contributed by atoms with Crippen LogP contribution in [0.5, 0.6) is 0 Å². The molecule has 2 aromatic carbocycles. The van der Waals surface area contributed by atoms with Crippen LogP contribution in [0.4, 0.5) is 5.95 Å². The van der Waals surface area contributed by atoms with Crippen molar-refractivity contribution in [3.8, 4) is 5.69 Å². The van der Waals surface area contributed by atoms with Crippen molar-refractivity contribution in [2.45, 2.75) is 27.3 Å². The van der Waals surface area contributed by atoms with Crippen LogP contribution in [-0.4, -0.2) is 33.4 Å². The van der Waals surface area contributed by atoms with Crippen molar-refractivity contribution < 1.29 is 9.53 Å². The lowest BCUT2D eigenvalue weighted by atomic mass is 10.1. The highest BCUT2D eigenvalue weighted by atomic mass is 16.5. The number of methoxy groups -OCH3 is 1. The zero-order valence-electron chi connectivity index (χ0n) is 18.1. The molecule has 0 bridgehead atoms. The van der Waals surface area contributed by atoms with E-state index in [2.05, 4.69) is 27.0 Å². The van der Waals surface area contributed by atoms with Gasteiger partial charge in [0.1, 0.15) is 0 Å². The molecule has 0 saturated carbocycles. The van der Waals surface area contributed by atoms with E-state index in [1.807, 2.05) is 66.9 Å². The Bertz CT molecular complexity index is 1280.